The number of nitrogens with one attached hydrogen (secondary N) is 1. The average Bonchev–Trinajstić information content (AvgIpc) is 2.32. The fourth-order valence-corrected chi connectivity index (χ4v) is 1.61. The fraction of sp³-hybridized carbons (Fsp3) is 0.143. The molecule has 88 valence electrons. The van der Waals surface area contributed by atoms with E-state index in [4.69, 9.17) is 0 Å². The molecule has 0 bridgehead atoms. The van der Waals surface area contributed by atoms with E-state index in [1.54, 1.807) is 30.3 Å². The molecular weight excluding hydrogens is 220 g/mol. The molecule has 0 amide bonds. The number of rotatable bonds is 3. The number of hydrogen-bond acceptors (Lipinski definition) is 1. The van der Waals surface area contributed by atoms with Crippen LogP contribution in [0.1, 0.15) is 11.1 Å². The summed E-state index contributed by atoms with van der Waals surface area (Å²) in [6.07, 6.45) is 0. The molecule has 0 fully saturated rings. The van der Waals surface area contributed by atoms with Gasteiger partial charge >= 0.3 is 0 Å². The van der Waals surface area contributed by atoms with Gasteiger partial charge in [0.05, 0.1) is 5.69 Å². The predicted octanol–water partition coefficient (Wildman–Crippen LogP) is 3.89. The fourth-order valence-electron chi connectivity index (χ4n) is 1.61. The first-order chi connectivity index (χ1) is 8.16. The van der Waals surface area contributed by atoms with E-state index in [0.29, 0.717) is 11.3 Å². The minimum atomic E-state index is -0.327. The van der Waals surface area contributed by atoms with Gasteiger partial charge < -0.3 is 5.32 Å². The normalized spacial score (nSPS) is 10.3. The second kappa shape index (κ2) is 4.95. The van der Waals surface area contributed by atoms with Crippen molar-refractivity contribution in [3.63, 3.8) is 0 Å². The van der Waals surface area contributed by atoms with E-state index in [1.807, 2.05) is 6.92 Å². The van der Waals surface area contributed by atoms with Crippen molar-refractivity contribution in [2.75, 3.05) is 5.32 Å². The van der Waals surface area contributed by atoms with E-state index in [-0.39, 0.29) is 18.2 Å². The maximum absolute atomic E-state index is 13.4. The molecular formula is C14H13F2N. The lowest BCUT2D eigenvalue weighted by Gasteiger charge is -2.09. The summed E-state index contributed by atoms with van der Waals surface area (Å²) in [5.74, 6) is -0.611. The first-order valence-corrected chi connectivity index (χ1v) is 5.40. The summed E-state index contributed by atoms with van der Waals surface area (Å²) in [6.45, 7) is 2.15. The summed E-state index contributed by atoms with van der Waals surface area (Å²) in [5.41, 5.74) is 1.88. The number of hydrogen-bond donors (Lipinski definition) is 1. The highest BCUT2D eigenvalue weighted by molar-refractivity contribution is 5.47. The standard InChI is InChI=1S/C14H13F2N/c1-10-6-7-13(16)14(8-10)17-9-11-4-2-3-5-12(11)15/h2-8,17H,9H2,1H3. The predicted molar refractivity (Wildman–Crippen MR) is 64.9 cm³/mol. The van der Waals surface area contributed by atoms with Crippen LogP contribution in [-0.2, 0) is 6.54 Å². The van der Waals surface area contributed by atoms with Gasteiger partial charge in [-0.05, 0) is 30.7 Å². The minimum absolute atomic E-state index is 0.271. The highest BCUT2D eigenvalue weighted by Crippen LogP contribution is 2.17. The van der Waals surface area contributed by atoms with E-state index >= 15 is 0 Å². The first-order valence-electron chi connectivity index (χ1n) is 5.40. The maximum atomic E-state index is 13.4. The molecule has 1 nitrogen and oxygen atoms in total. The molecule has 0 aromatic heterocycles. The molecule has 0 saturated carbocycles. The lowest BCUT2D eigenvalue weighted by atomic mass is 10.2. The first kappa shape index (κ1) is 11.6. The summed E-state index contributed by atoms with van der Waals surface area (Å²) in [4.78, 5) is 0. The van der Waals surface area contributed by atoms with Crippen LogP contribution in [0.5, 0.6) is 0 Å². The van der Waals surface area contributed by atoms with Crippen molar-refractivity contribution in [3.05, 3.63) is 65.2 Å². The molecule has 2 aromatic carbocycles. The SMILES string of the molecule is Cc1ccc(F)c(NCc2ccccc2F)c1. The summed E-state index contributed by atoms with van der Waals surface area (Å²) in [6, 6.07) is 11.3. The zero-order valence-electron chi connectivity index (χ0n) is 9.50. The molecule has 3 heteroatoms. The molecule has 1 N–H and O–H groups in total. The van der Waals surface area contributed by atoms with Gasteiger partial charge in [0, 0.05) is 12.1 Å². The monoisotopic (exact) mass is 233 g/mol. The van der Waals surface area contributed by atoms with Crippen molar-refractivity contribution in [3.8, 4) is 0 Å². The third kappa shape index (κ3) is 2.81. The molecule has 0 unspecified atom stereocenters. The van der Waals surface area contributed by atoms with Crippen molar-refractivity contribution in [2.45, 2.75) is 13.5 Å². The summed E-state index contributed by atoms with van der Waals surface area (Å²) >= 11 is 0. The molecule has 0 radical (unpaired) electrons. The molecule has 0 aliphatic carbocycles. The average molecular weight is 233 g/mol. The van der Waals surface area contributed by atoms with E-state index < -0.39 is 0 Å². The lowest BCUT2D eigenvalue weighted by molar-refractivity contribution is 0.610. The Hall–Kier alpha value is -1.90. The van der Waals surface area contributed by atoms with Crippen LogP contribution in [0.3, 0.4) is 0 Å². The van der Waals surface area contributed by atoms with Crippen molar-refractivity contribution in [2.24, 2.45) is 0 Å². The van der Waals surface area contributed by atoms with Gasteiger partial charge in [0.1, 0.15) is 11.6 Å². The Morgan fingerprint density at radius 2 is 1.76 bits per heavy atom. The minimum Gasteiger partial charge on any atom is -0.378 e. The van der Waals surface area contributed by atoms with Crippen molar-refractivity contribution < 1.29 is 8.78 Å². The zero-order chi connectivity index (χ0) is 12.3. The molecule has 0 aliphatic heterocycles. The van der Waals surface area contributed by atoms with Crippen molar-refractivity contribution in [1.82, 2.24) is 0 Å². The number of anilines is 1. The van der Waals surface area contributed by atoms with Crippen LogP contribution in [0.2, 0.25) is 0 Å². The molecule has 0 spiro atoms. The second-order valence-corrected chi connectivity index (χ2v) is 3.93. The van der Waals surface area contributed by atoms with Crippen LogP contribution in [0.25, 0.3) is 0 Å². The van der Waals surface area contributed by atoms with Gasteiger partial charge in [0.25, 0.3) is 0 Å². The van der Waals surface area contributed by atoms with Gasteiger partial charge in [-0.1, -0.05) is 24.3 Å². The Balaban J connectivity index is 2.12. The van der Waals surface area contributed by atoms with Crippen LogP contribution in [0, 0.1) is 18.6 Å². The molecule has 0 atom stereocenters. The largest absolute Gasteiger partial charge is 0.378 e. The molecule has 0 aliphatic rings. The van der Waals surface area contributed by atoms with Crippen LogP contribution < -0.4 is 5.32 Å². The third-order valence-corrected chi connectivity index (χ3v) is 2.55. The lowest BCUT2D eigenvalue weighted by Crippen LogP contribution is -2.03. The Morgan fingerprint density at radius 1 is 1.00 bits per heavy atom. The smallest absolute Gasteiger partial charge is 0.146 e. The Bertz CT molecular complexity index is 523. The Kier molecular flexibility index (Phi) is 3.38. The van der Waals surface area contributed by atoms with E-state index in [1.165, 1.54) is 12.1 Å². The molecule has 0 saturated heterocycles. The van der Waals surface area contributed by atoms with Crippen LogP contribution in [-0.4, -0.2) is 0 Å². The number of benzene rings is 2. The Morgan fingerprint density at radius 3 is 2.53 bits per heavy atom. The molecule has 2 aromatic rings. The van der Waals surface area contributed by atoms with Crippen molar-refractivity contribution in [1.29, 1.82) is 0 Å². The van der Waals surface area contributed by atoms with Crippen LogP contribution in [0.15, 0.2) is 42.5 Å². The topological polar surface area (TPSA) is 12.0 Å². The highest BCUT2D eigenvalue weighted by atomic mass is 19.1. The van der Waals surface area contributed by atoms with Gasteiger partial charge in [-0.3, -0.25) is 0 Å². The summed E-state index contributed by atoms with van der Waals surface area (Å²) < 4.78 is 26.8. The molecule has 0 heterocycles. The molecule has 2 rings (SSSR count). The van der Waals surface area contributed by atoms with Crippen molar-refractivity contribution >= 4 is 5.69 Å². The van der Waals surface area contributed by atoms with Gasteiger partial charge in [0.2, 0.25) is 0 Å². The third-order valence-electron chi connectivity index (χ3n) is 2.55. The Labute approximate surface area is 99.1 Å². The van der Waals surface area contributed by atoms with E-state index in [2.05, 4.69) is 5.32 Å². The van der Waals surface area contributed by atoms with Crippen LogP contribution >= 0.6 is 0 Å². The number of halogens is 2. The van der Waals surface area contributed by atoms with Gasteiger partial charge in [-0.2, -0.15) is 0 Å². The number of aryl methyl sites for hydroxylation is 1. The van der Waals surface area contributed by atoms with Gasteiger partial charge in [-0.25, -0.2) is 8.78 Å². The maximum Gasteiger partial charge on any atom is 0.146 e. The second-order valence-electron chi connectivity index (χ2n) is 3.93. The van der Waals surface area contributed by atoms with Gasteiger partial charge in [0.15, 0.2) is 0 Å². The molecule has 17 heavy (non-hydrogen) atoms. The van der Waals surface area contributed by atoms with E-state index in [0.717, 1.165) is 5.56 Å². The van der Waals surface area contributed by atoms with Crippen LogP contribution in [0.4, 0.5) is 14.5 Å². The quantitative estimate of drug-likeness (QED) is 0.848. The van der Waals surface area contributed by atoms with E-state index in [9.17, 15) is 8.78 Å². The highest BCUT2D eigenvalue weighted by Gasteiger charge is 2.04. The summed E-state index contributed by atoms with van der Waals surface area (Å²) in [5, 5.41) is 2.90. The zero-order valence-corrected chi connectivity index (χ0v) is 9.50. The van der Waals surface area contributed by atoms with Gasteiger partial charge in [-0.15, -0.1) is 0 Å². The summed E-state index contributed by atoms with van der Waals surface area (Å²) in [7, 11) is 0.